The molecule has 3 nitrogen and oxygen atoms in total. The summed E-state index contributed by atoms with van der Waals surface area (Å²) < 4.78 is 0. The number of rotatable bonds is 5. The molecule has 0 aromatic rings. The summed E-state index contributed by atoms with van der Waals surface area (Å²) in [6, 6.07) is 0. The van der Waals surface area contributed by atoms with Crippen LogP contribution in [0.1, 0.15) is 32.1 Å². The van der Waals surface area contributed by atoms with Gasteiger partial charge in [0.1, 0.15) is 0 Å². The normalized spacial score (nSPS) is 17.6. The van der Waals surface area contributed by atoms with Gasteiger partial charge in [-0.3, -0.25) is 4.79 Å². The summed E-state index contributed by atoms with van der Waals surface area (Å²) in [4.78, 5) is 11.5. The van der Waals surface area contributed by atoms with Crippen LogP contribution in [-0.4, -0.2) is 26.0 Å². The van der Waals surface area contributed by atoms with E-state index in [-0.39, 0.29) is 5.91 Å². The van der Waals surface area contributed by atoms with Crippen LogP contribution in [0, 0.1) is 5.92 Å². The summed E-state index contributed by atoms with van der Waals surface area (Å²) >= 11 is 0. The molecule has 0 bridgehead atoms. The summed E-state index contributed by atoms with van der Waals surface area (Å²) in [5.74, 6) is 0.586. The Morgan fingerprint density at radius 2 is 2.00 bits per heavy atom. The Morgan fingerprint density at radius 3 is 2.62 bits per heavy atom. The van der Waals surface area contributed by atoms with Crippen LogP contribution in [0.15, 0.2) is 0 Å². The van der Waals surface area contributed by atoms with Gasteiger partial charge in [0.15, 0.2) is 0 Å². The van der Waals surface area contributed by atoms with E-state index in [1.54, 1.807) is 0 Å². The minimum Gasteiger partial charge on any atom is -0.356 e. The number of carbonyl (C=O) groups excluding carboxylic acids is 1. The average molecular weight is 184 g/mol. The van der Waals surface area contributed by atoms with Gasteiger partial charge < -0.3 is 10.6 Å². The van der Waals surface area contributed by atoms with Gasteiger partial charge in [-0.1, -0.05) is 12.8 Å². The van der Waals surface area contributed by atoms with E-state index in [4.69, 9.17) is 0 Å². The van der Waals surface area contributed by atoms with Gasteiger partial charge >= 0.3 is 0 Å². The molecule has 1 amide bonds. The van der Waals surface area contributed by atoms with Crippen LogP contribution in [-0.2, 0) is 4.79 Å². The highest BCUT2D eigenvalue weighted by molar-refractivity contribution is 5.78. The SMILES string of the molecule is CNCCCNC(=O)C1CCCC1. The molecule has 1 aliphatic carbocycles. The molecule has 0 aliphatic heterocycles. The van der Waals surface area contributed by atoms with Crippen molar-refractivity contribution in [1.29, 1.82) is 0 Å². The molecule has 13 heavy (non-hydrogen) atoms. The zero-order chi connectivity index (χ0) is 9.52. The molecule has 1 fully saturated rings. The van der Waals surface area contributed by atoms with E-state index in [1.807, 2.05) is 7.05 Å². The molecular weight excluding hydrogens is 164 g/mol. The molecule has 1 rings (SSSR count). The molecule has 3 heteroatoms. The largest absolute Gasteiger partial charge is 0.356 e. The van der Waals surface area contributed by atoms with Gasteiger partial charge in [0.25, 0.3) is 0 Å². The molecule has 76 valence electrons. The lowest BCUT2D eigenvalue weighted by Gasteiger charge is -2.09. The Hall–Kier alpha value is -0.570. The molecule has 0 atom stereocenters. The fourth-order valence-electron chi connectivity index (χ4n) is 1.81. The highest BCUT2D eigenvalue weighted by Crippen LogP contribution is 2.24. The topological polar surface area (TPSA) is 41.1 Å². The zero-order valence-corrected chi connectivity index (χ0v) is 8.44. The Balaban J connectivity index is 2.03. The maximum atomic E-state index is 11.5. The molecule has 1 aliphatic rings. The predicted molar refractivity (Wildman–Crippen MR) is 53.5 cm³/mol. The Kier molecular flexibility index (Phi) is 4.83. The lowest BCUT2D eigenvalue weighted by molar-refractivity contribution is -0.124. The molecule has 0 saturated heterocycles. The van der Waals surface area contributed by atoms with Crippen LogP contribution in [0.25, 0.3) is 0 Å². The van der Waals surface area contributed by atoms with Crippen LogP contribution in [0.2, 0.25) is 0 Å². The maximum absolute atomic E-state index is 11.5. The van der Waals surface area contributed by atoms with E-state index in [1.165, 1.54) is 12.8 Å². The average Bonchev–Trinajstić information content (AvgIpc) is 2.65. The molecule has 2 N–H and O–H groups in total. The fraction of sp³-hybridized carbons (Fsp3) is 0.900. The van der Waals surface area contributed by atoms with Gasteiger partial charge in [0.2, 0.25) is 5.91 Å². The van der Waals surface area contributed by atoms with Crippen molar-refractivity contribution in [2.24, 2.45) is 5.92 Å². The van der Waals surface area contributed by atoms with Crippen LogP contribution in [0.4, 0.5) is 0 Å². The third-order valence-corrected chi connectivity index (χ3v) is 2.63. The lowest BCUT2D eigenvalue weighted by Crippen LogP contribution is -2.31. The van der Waals surface area contributed by atoms with Crippen molar-refractivity contribution in [2.45, 2.75) is 32.1 Å². The third-order valence-electron chi connectivity index (χ3n) is 2.63. The second kappa shape index (κ2) is 5.97. The number of hydrogen-bond donors (Lipinski definition) is 2. The highest BCUT2D eigenvalue weighted by atomic mass is 16.1. The van der Waals surface area contributed by atoms with Crippen LogP contribution in [0.5, 0.6) is 0 Å². The van der Waals surface area contributed by atoms with Gasteiger partial charge in [0.05, 0.1) is 0 Å². The quantitative estimate of drug-likeness (QED) is 0.623. The Labute approximate surface area is 80.3 Å². The van der Waals surface area contributed by atoms with Crippen molar-refractivity contribution in [2.75, 3.05) is 20.1 Å². The zero-order valence-electron chi connectivity index (χ0n) is 8.44. The van der Waals surface area contributed by atoms with Crippen molar-refractivity contribution in [3.8, 4) is 0 Å². The van der Waals surface area contributed by atoms with Crippen LogP contribution >= 0.6 is 0 Å². The predicted octanol–water partition coefficient (Wildman–Crippen LogP) is 0.902. The van der Waals surface area contributed by atoms with Gasteiger partial charge in [-0.05, 0) is 32.9 Å². The number of hydrogen-bond acceptors (Lipinski definition) is 2. The van der Waals surface area contributed by atoms with Crippen molar-refractivity contribution < 1.29 is 4.79 Å². The molecule has 0 unspecified atom stereocenters. The molecule has 0 radical (unpaired) electrons. The van der Waals surface area contributed by atoms with E-state index in [0.717, 1.165) is 32.4 Å². The van der Waals surface area contributed by atoms with Gasteiger partial charge in [0, 0.05) is 12.5 Å². The molecule has 1 saturated carbocycles. The summed E-state index contributed by atoms with van der Waals surface area (Å²) in [5.41, 5.74) is 0. The standard InChI is InChI=1S/C10H20N2O/c1-11-7-4-8-12-10(13)9-5-2-3-6-9/h9,11H,2-8H2,1H3,(H,12,13). The Morgan fingerprint density at radius 1 is 1.31 bits per heavy atom. The minimum atomic E-state index is 0.272. The van der Waals surface area contributed by atoms with Gasteiger partial charge in [-0.25, -0.2) is 0 Å². The molecule has 0 heterocycles. The summed E-state index contributed by atoms with van der Waals surface area (Å²) in [5, 5.41) is 6.04. The second-order valence-corrected chi connectivity index (χ2v) is 3.73. The smallest absolute Gasteiger partial charge is 0.223 e. The van der Waals surface area contributed by atoms with E-state index >= 15 is 0 Å². The van der Waals surface area contributed by atoms with E-state index in [0.29, 0.717) is 5.92 Å². The van der Waals surface area contributed by atoms with E-state index in [9.17, 15) is 4.79 Å². The highest BCUT2D eigenvalue weighted by Gasteiger charge is 2.21. The molecule has 0 spiro atoms. The third kappa shape index (κ3) is 3.77. The lowest BCUT2D eigenvalue weighted by atomic mass is 10.1. The number of amides is 1. The molecular formula is C10H20N2O. The maximum Gasteiger partial charge on any atom is 0.223 e. The number of nitrogens with one attached hydrogen (secondary N) is 2. The summed E-state index contributed by atoms with van der Waals surface area (Å²) in [7, 11) is 1.93. The first-order chi connectivity index (χ1) is 6.34. The first kappa shape index (κ1) is 10.5. The van der Waals surface area contributed by atoms with E-state index < -0.39 is 0 Å². The van der Waals surface area contributed by atoms with E-state index in [2.05, 4.69) is 10.6 Å². The monoisotopic (exact) mass is 184 g/mol. The molecule has 0 aromatic heterocycles. The van der Waals surface area contributed by atoms with Crippen molar-refractivity contribution >= 4 is 5.91 Å². The molecule has 0 aromatic carbocycles. The van der Waals surface area contributed by atoms with Gasteiger partial charge in [-0.15, -0.1) is 0 Å². The van der Waals surface area contributed by atoms with Crippen LogP contribution < -0.4 is 10.6 Å². The second-order valence-electron chi connectivity index (χ2n) is 3.73. The summed E-state index contributed by atoms with van der Waals surface area (Å²) in [6.07, 6.45) is 5.67. The minimum absolute atomic E-state index is 0.272. The van der Waals surface area contributed by atoms with Crippen LogP contribution in [0.3, 0.4) is 0 Å². The van der Waals surface area contributed by atoms with Crippen molar-refractivity contribution in [3.63, 3.8) is 0 Å². The fourth-order valence-corrected chi connectivity index (χ4v) is 1.81. The first-order valence-corrected chi connectivity index (χ1v) is 5.27. The Bertz CT molecular complexity index is 153. The summed E-state index contributed by atoms with van der Waals surface area (Å²) in [6.45, 7) is 1.79. The van der Waals surface area contributed by atoms with Crippen molar-refractivity contribution in [1.82, 2.24) is 10.6 Å². The van der Waals surface area contributed by atoms with Gasteiger partial charge in [-0.2, -0.15) is 0 Å². The number of carbonyl (C=O) groups is 1. The first-order valence-electron chi connectivity index (χ1n) is 5.27. The van der Waals surface area contributed by atoms with Crippen molar-refractivity contribution in [3.05, 3.63) is 0 Å².